The van der Waals surface area contributed by atoms with E-state index in [9.17, 15) is 10.2 Å². The topological polar surface area (TPSA) is 58.9 Å². The number of hydrogen-bond donors (Lipinski definition) is 2. The van der Waals surface area contributed by atoms with Gasteiger partial charge in [0, 0.05) is 11.5 Å². The van der Waals surface area contributed by atoms with Gasteiger partial charge in [-0.15, -0.1) is 0 Å². The zero-order valence-electron chi connectivity index (χ0n) is 18.1. The first-order valence-electron chi connectivity index (χ1n) is 10.8. The van der Waals surface area contributed by atoms with Gasteiger partial charge < -0.3 is 19.7 Å². The molecule has 4 aromatic carbocycles. The Labute approximate surface area is 198 Å². The zero-order valence-corrected chi connectivity index (χ0v) is 18.9. The van der Waals surface area contributed by atoms with Gasteiger partial charge in [-0.05, 0) is 59.7 Å². The number of para-hydroxylation sites is 2. The number of phenols is 2. The minimum Gasteiger partial charge on any atom is -0.508 e. The van der Waals surface area contributed by atoms with Crippen LogP contribution in [0.5, 0.6) is 23.0 Å². The second-order valence-electron chi connectivity index (χ2n) is 7.56. The van der Waals surface area contributed by atoms with Crippen LogP contribution in [0.1, 0.15) is 23.3 Å². The predicted octanol–water partition coefficient (Wildman–Crippen LogP) is 6.77. The molecule has 0 aliphatic rings. The Morgan fingerprint density at radius 2 is 0.879 bits per heavy atom. The van der Waals surface area contributed by atoms with Gasteiger partial charge in [0.25, 0.3) is 0 Å². The average molecular weight is 459 g/mol. The second-order valence-corrected chi connectivity index (χ2v) is 8.63. The van der Waals surface area contributed by atoms with Crippen molar-refractivity contribution < 1.29 is 19.7 Å². The standard InChI is InChI=1S/C28H26O4S/c29-23-15-11-21(12-16-23)27(31-25-7-3-1-4-8-25)19-33-20-28(22-13-17-24(30)18-14-22)32-26-9-5-2-6-10-26/h1-18,27-30H,19-20H2. The molecule has 0 fully saturated rings. The number of aromatic hydroxyl groups is 2. The van der Waals surface area contributed by atoms with Crippen LogP contribution < -0.4 is 9.47 Å². The average Bonchev–Trinajstić information content (AvgIpc) is 2.85. The molecule has 0 spiro atoms. The monoisotopic (exact) mass is 458 g/mol. The van der Waals surface area contributed by atoms with Crippen LogP contribution >= 0.6 is 11.8 Å². The molecule has 4 aromatic rings. The summed E-state index contributed by atoms with van der Waals surface area (Å²) >= 11 is 1.73. The SMILES string of the molecule is Oc1ccc(C(CSCC(Oc2ccccc2)c2ccc(O)cc2)Oc2ccccc2)cc1. The highest BCUT2D eigenvalue weighted by Gasteiger charge is 2.18. The first-order valence-corrected chi connectivity index (χ1v) is 11.9. The van der Waals surface area contributed by atoms with Crippen LogP contribution in [0, 0.1) is 0 Å². The fourth-order valence-electron chi connectivity index (χ4n) is 3.38. The second kappa shape index (κ2) is 11.3. The van der Waals surface area contributed by atoms with E-state index in [1.807, 2.05) is 84.9 Å². The van der Waals surface area contributed by atoms with Gasteiger partial charge >= 0.3 is 0 Å². The van der Waals surface area contributed by atoms with Crippen molar-refractivity contribution in [3.8, 4) is 23.0 Å². The molecule has 0 aliphatic carbocycles. The van der Waals surface area contributed by atoms with Gasteiger partial charge in [0.15, 0.2) is 0 Å². The van der Waals surface area contributed by atoms with Crippen LogP contribution in [0.3, 0.4) is 0 Å². The minimum absolute atomic E-state index is 0.185. The van der Waals surface area contributed by atoms with E-state index in [0.717, 1.165) is 22.6 Å². The van der Waals surface area contributed by atoms with Crippen molar-refractivity contribution in [1.29, 1.82) is 0 Å². The quantitative estimate of drug-likeness (QED) is 0.275. The van der Waals surface area contributed by atoms with Crippen molar-refractivity contribution in [1.82, 2.24) is 0 Å². The summed E-state index contributed by atoms with van der Waals surface area (Å²) in [7, 11) is 0. The summed E-state index contributed by atoms with van der Waals surface area (Å²) < 4.78 is 12.6. The third-order valence-electron chi connectivity index (χ3n) is 5.11. The van der Waals surface area contributed by atoms with Gasteiger partial charge in [0.05, 0.1) is 0 Å². The molecule has 0 saturated carbocycles. The van der Waals surface area contributed by atoms with Crippen LogP contribution in [-0.4, -0.2) is 21.7 Å². The lowest BCUT2D eigenvalue weighted by molar-refractivity contribution is 0.226. The molecule has 0 saturated heterocycles. The molecule has 5 heteroatoms. The Morgan fingerprint density at radius 1 is 0.515 bits per heavy atom. The molecule has 0 aromatic heterocycles. The Morgan fingerprint density at radius 3 is 1.24 bits per heavy atom. The van der Waals surface area contributed by atoms with E-state index < -0.39 is 0 Å². The first kappa shape index (κ1) is 22.6. The van der Waals surface area contributed by atoms with Crippen molar-refractivity contribution in [2.75, 3.05) is 11.5 Å². The first-order chi connectivity index (χ1) is 16.2. The summed E-state index contributed by atoms with van der Waals surface area (Å²) in [5.41, 5.74) is 1.99. The molecule has 4 rings (SSSR count). The summed E-state index contributed by atoms with van der Waals surface area (Å²) in [6.07, 6.45) is -0.370. The number of benzene rings is 4. The third-order valence-corrected chi connectivity index (χ3v) is 6.19. The zero-order chi connectivity index (χ0) is 22.9. The van der Waals surface area contributed by atoms with Gasteiger partial charge in [0.1, 0.15) is 35.2 Å². The fraction of sp³-hybridized carbons (Fsp3) is 0.143. The summed E-state index contributed by atoms with van der Waals surface area (Å²) in [6, 6.07) is 33.8. The Kier molecular flexibility index (Phi) is 7.77. The molecule has 0 amide bonds. The molecule has 2 N–H and O–H groups in total. The summed E-state index contributed by atoms with van der Waals surface area (Å²) in [4.78, 5) is 0. The normalized spacial score (nSPS) is 12.6. The van der Waals surface area contributed by atoms with Crippen LogP contribution in [-0.2, 0) is 0 Å². The van der Waals surface area contributed by atoms with Gasteiger partial charge in [-0.2, -0.15) is 11.8 Å². The molecule has 2 atom stereocenters. The van der Waals surface area contributed by atoms with Gasteiger partial charge in [-0.25, -0.2) is 0 Å². The largest absolute Gasteiger partial charge is 0.508 e. The molecule has 4 nitrogen and oxygen atoms in total. The van der Waals surface area contributed by atoms with Crippen LogP contribution in [0.15, 0.2) is 109 Å². The lowest BCUT2D eigenvalue weighted by Gasteiger charge is -2.23. The van der Waals surface area contributed by atoms with E-state index in [-0.39, 0.29) is 23.7 Å². The minimum atomic E-state index is -0.185. The molecule has 0 aliphatic heterocycles. The fourth-order valence-corrected chi connectivity index (χ4v) is 4.47. The highest BCUT2D eigenvalue weighted by Crippen LogP contribution is 2.31. The van der Waals surface area contributed by atoms with Gasteiger partial charge in [-0.3, -0.25) is 0 Å². The maximum atomic E-state index is 9.68. The highest BCUT2D eigenvalue weighted by molar-refractivity contribution is 7.99. The number of rotatable bonds is 10. The lowest BCUT2D eigenvalue weighted by atomic mass is 10.1. The third kappa shape index (κ3) is 6.70. The number of hydrogen-bond acceptors (Lipinski definition) is 5. The van der Waals surface area contributed by atoms with Crippen molar-refractivity contribution in [3.63, 3.8) is 0 Å². The number of ether oxygens (including phenoxy) is 2. The summed E-state index contributed by atoms with van der Waals surface area (Å²) in [5.74, 6) is 3.46. The predicted molar refractivity (Wildman–Crippen MR) is 133 cm³/mol. The van der Waals surface area contributed by atoms with Gasteiger partial charge in [0.2, 0.25) is 0 Å². The van der Waals surface area contributed by atoms with E-state index >= 15 is 0 Å². The Balaban J connectivity index is 1.48. The van der Waals surface area contributed by atoms with Crippen molar-refractivity contribution in [2.45, 2.75) is 12.2 Å². The maximum absolute atomic E-state index is 9.68. The van der Waals surface area contributed by atoms with E-state index in [4.69, 9.17) is 9.47 Å². The van der Waals surface area contributed by atoms with Crippen LogP contribution in [0.4, 0.5) is 0 Å². The number of thioether (sulfide) groups is 1. The molecule has 0 radical (unpaired) electrons. The van der Waals surface area contributed by atoms with E-state index in [0.29, 0.717) is 11.5 Å². The Hall–Kier alpha value is -3.57. The summed E-state index contributed by atoms with van der Waals surface area (Å²) in [5, 5.41) is 19.4. The molecular weight excluding hydrogens is 432 g/mol. The smallest absolute Gasteiger partial charge is 0.133 e. The van der Waals surface area contributed by atoms with Crippen molar-refractivity contribution in [3.05, 3.63) is 120 Å². The Bertz CT molecular complexity index is 1010. The van der Waals surface area contributed by atoms with E-state index in [1.165, 1.54) is 0 Å². The maximum Gasteiger partial charge on any atom is 0.133 e. The van der Waals surface area contributed by atoms with E-state index in [1.54, 1.807) is 36.0 Å². The number of phenolic OH excluding ortho intramolecular Hbond substituents is 2. The highest BCUT2D eigenvalue weighted by atomic mass is 32.2. The van der Waals surface area contributed by atoms with Gasteiger partial charge in [-0.1, -0.05) is 60.7 Å². The van der Waals surface area contributed by atoms with Crippen LogP contribution in [0.25, 0.3) is 0 Å². The summed E-state index contributed by atoms with van der Waals surface area (Å²) in [6.45, 7) is 0. The van der Waals surface area contributed by atoms with E-state index in [2.05, 4.69) is 0 Å². The van der Waals surface area contributed by atoms with Crippen molar-refractivity contribution in [2.24, 2.45) is 0 Å². The van der Waals surface area contributed by atoms with Crippen molar-refractivity contribution >= 4 is 11.8 Å². The molecule has 168 valence electrons. The molecule has 33 heavy (non-hydrogen) atoms. The molecular formula is C28H26O4S. The lowest BCUT2D eigenvalue weighted by Crippen LogP contribution is -2.14. The molecule has 0 heterocycles. The van der Waals surface area contributed by atoms with Crippen LogP contribution in [0.2, 0.25) is 0 Å². The molecule has 2 unspecified atom stereocenters. The molecule has 0 bridgehead atoms.